The molecular weight excluding hydrogens is 305 g/mol. The molecule has 1 aliphatic carbocycles. The van der Waals surface area contributed by atoms with Crippen molar-refractivity contribution in [1.82, 2.24) is 14.9 Å². The smallest absolute Gasteiger partial charge is 0.226 e. The Balaban J connectivity index is 1.44. The number of benzene rings is 2. The van der Waals surface area contributed by atoms with Gasteiger partial charge in [0.1, 0.15) is 11.6 Å². The van der Waals surface area contributed by atoms with E-state index in [0.29, 0.717) is 18.5 Å². The first kappa shape index (κ1) is 14.9. The highest BCUT2D eigenvalue weighted by atomic mass is 19.1. The van der Waals surface area contributed by atoms with Crippen LogP contribution in [0.4, 0.5) is 4.39 Å². The maximum atomic E-state index is 13.8. The van der Waals surface area contributed by atoms with Gasteiger partial charge < -0.3 is 9.88 Å². The number of rotatable bonds is 4. The van der Waals surface area contributed by atoms with Crippen molar-refractivity contribution < 1.29 is 9.18 Å². The lowest BCUT2D eigenvalue weighted by molar-refractivity contribution is -0.132. The molecule has 3 aromatic rings. The van der Waals surface area contributed by atoms with Crippen molar-refractivity contribution >= 4 is 16.9 Å². The van der Waals surface area contributed by atoms with E-state index in [2.05, 4.69) is 9.97 Å². The average molecular weight is 323 g/mol. The fraction of sp³-hybridized carbons (Fsp3) is 0.263. The molecular formula is C19H18FN3O. The molecule has 1 saturated carbocycles. The monoisotopic (exact) mass is 323 g/mol. The molecule has 4 nitrogen and oxygen atoms in total. The number of amides is 1. The van der Waals surface area contributed by atoms with Crippen LogP contribution in [-0.2, 0) is 11.3 Å². The molecule has 4 rings (SSSR count). The number of fused-ring (bicyclic) bond motifs is 1. The molecule has 5 heteroatoms. The second kappa shape index (κ2) is 5.74. The van der Waals surface area contributed by atoms with E-state index in [4.69, 9.17) is 0 Å². The lowest BCUT2D eigenvalue weighted by atomic mass is 10.1. The van der Waals surface area contributed by atoms with Gasteiger partial charge in [0.2, 0.25) is 5.91 Å². The number of halogens is 1. The topological polar surface area (TPSA) is 49.0 Å². The third-order valence-corrected chi connectivity index (χ3v) is 4.61. The zero-order chi connectivity index (χ0) is 16.7. The maximum absolute atomic E-state index is 13.8. The Morgan fingerprint density at radius 1 is 1.25 bits per heavy atom. The van der Waals surface area contributed by atoms with E-state index in [-0.39, 0.29) is 23.6 Å². The number of carbonyl (C=O) groups excluding carboxylic acids is 1. The summed E-state index contributed by atoms with van der Waals surface area (Å²) in [5.74, 6) is 0.449. The zero-order valence-electron chi connectivity index (χ0n) is 13.4. The molecule has 0 spiro atoms. The Bertz CT molecular complexity index is 871. The number of imidazole rings is 1. The SMILES string of the molecule is CN(Cc1nc2ccccc2[nH]1)C(=O)C1CC1c1ccccc1F. The van der Waals surface area contributed by atoms with Crippen LogP contribution in [0.2, 0.25) is 0 Å². The molecule has 0 radical (unpaired) electrons. The van der Waals surface area contributed by atoms with Gasteiger partial charge in [0.05, 0.1) is 17.6 Å². The normalized spacial score (nSPS) is 19.4. The summed E-state index contributed by atoms with van der Waals surface area (Å²) < 4.78 is 13.8. The first-order valence-electron chi connectivity index (χ1n) is 8.06. The highest BCUT2D eigenvalue weighted by molar-refractivity contribution is 5.83. The maximum Gasteiger partial charge on any atom is 0.226 e. The second-order valence-electron chi connectivity index (χ2n) is 6.37. The van der Waals surface area contributed by atoms with Crippen molar-refractivity contribution in [3.63, 3.8) is 0 Å². The second-order valence-corrected chi connectivity index (χ2v) is 6.37. The van der Waals surface area contributed by atoms with Crippen LogP contribution in [0.5, 0.6) is 0 Å². The van der Waals surface area contributed by atoms with Gasteiger partial charge in [-0.05, 0) is 36.1 Å². The van der Waals surface area contributed by atoms with E-state index < -0.39 is 0 Å². The van der Waals surface area contributed by atoms with E-state index in [0.717, 1.165) is 16.9 Å². The summed E-state index contributed by atoms with van der Waals surface area (Å²) in [5.41, 5.74) is 2.50. The van der Waals surface area contributed by atoms with Gasteiger partial charge in [0.15, 0.2) is 0 Å². The van der Waals surface area contributed by atoms with Crippen LogP contribution in [-0.4, -0.2) is 27.8 Å². The Kier molecular flexibility index (Phi) is 3.56. The Morgan fingerprint density at radius 2 is 2.00 bits per heavy atom. The number of H-pyrrole nitrogens is 1. The van der Waals surface area contributed by atoms with Crippen LogP contribution in [0.15, 0.2) is 48.5 Å². The van der Waals surface area contributed by atoms with E-state index in [9.17, 15) is 9.18 Å². The lowest BCUT2D eigenvalue weighted by Crippen LogP contribution is -2.28. The minimum Gasteiger partial charge on any atom is -0.340 e. The van der Waals surface area contributed by atoms with Crippen LogP contribution < -0.4 is 0 Å². The summed E-state index contributed by atoms with van der Waals surface area (Å²) in [7, 11) is 1.77. The van der Waals surface area contributed by atoms with Gasteiger partial charge in [-0.15, -0.1) is 0 Å². The lowest BCUT2D eigenvalue weighted by Gasteiger charge is -2.15. The molecule has 0 bridgehead atoms. The molecule has 2 unspecified atom stereocenters. The van der Waals surface area contributed by atoms with Gasteiger partial charge in [-0.2, -0.15) is 0 Å². The predicted octanol–water partition coefficient (Wildman–Crippen LogP) is 3.46. The third-order valence-electron chi connectivity index (χ3n) is 4.61. The predicted molar refractivity (Wildman–Crippen MR) is 89.8 cm³/mol. The van der Waals surface area contributed by atoms with Gasteiger partial charge in [-0.3, -0.25) is 4.79 Å². The summed E-state index contributed by atoms with van der Waals surface area (Å²) in [6.45, 7) is 0.425. The van der Waals surface area contributed by atoms with Gasteiger partial charge in [-0.25, -0.2) is 9.37 Å². The molecule has 0 aliphatic heterocycles. The van der Waals surface area contributed by atoms with Crippen molar-refractivity contribution in [3.8, 4) is 0 Å². The van der Waals surface area contributed by atoms with Crippen LogP contribution in [0.3, 0.4) is 0 Å². The quantitative estimate of drug-likeness (QED) is 0.799. The summed E-state index contributed by atoms with van der Waals surface area (Å²) in [6.07, 6.45) is 0.713. The molecule has 1 aromatic heterocycles. The fourth-order valence-corrected chi connectivity index (χ4v) is 3.25. The fourth-order valence-electron chi connectivity index (χ4n) is 3.25. The number of aromatic nitrogens is 2. The van der Waals surface area contributed by atoms with Crippen LogP contribution in [0, 0.1) is 11.7 Å². The van der Waals surface area contributed by atoms with Gasteiger partial charge in [-0.1, -0.05) is 30.3 Å². The number of nitrogens with zero attached hydrogens (tertiary/aromatic N) is 2. The number of aromatic amines is 1. The molecule has 0 saturated heterocycles. The summed E-state index contributed by atoms with van der Waals surface area (Å²) >= 11 is 0. The van der Waals surface area contributed by atoms with Crippen LogP contribution in [0.1, 0.15) is 23.7 Å². The van der Waals surface area contributed by atoms with E-state index in [1.807, 2.05) is 30.3 Å². The van der Waals surface area contributed by atoms with E-state index >= 15 is 0 Å². The number of carbonyl (C=O) groups is 1. The Labute approximate surface area is 139 Å². The molecule has 1 fully saturated rings. The van der Waals surface area contributed by atoms with Gasteiger partial charge in [0, 0.05) is 13.0 Å². The highest BCUT2D eigenvalue weighted by Crippen LogP contribution is 2.49. The number of nitrogens with one attached hydrogen (secondary N) is 1. The Morgan fingerprint density at radius 3 is 2.79 bits per heavy atom. The summed E-state index contributed by atoms with van der Waals surface area (Å²) in [6, 6.07) is 14.5. The molecule has 1 N–H and O–H groups in total. The molecule has 122 valence electrons. The number of para-hydroxylation sites is 2. The summed E-state index contributed by atoms with van der Waals surface area (Å²) in [5, 5.41) is 0. The third kappa shape index (κ3) is 2.66. The highest BCUT2D eigenvalue weighted by Gasteiger charge is 2.46. The number of hydrogen-bond donors (Lipinski definition) is 1. The standard InChI is InChI=1S/C19H18FN3O/c1-23(11-18-21-16-8-4-5-9-17(16)22-18)19(24)14-10-13(14)12-6-2-3-7-15(12)20/h2-9,13-14H,10-11H2,1H3,(H,21,22). The molecule has 24 heavy (non-hydrogen) atoms. The molecule has 2 aromatic carbocycles. The first-order valence-corrected chi connectivity index (χ1v) is 8.06. The van der Waals surface area contributed by atoms with Gasteiger partial charge in [0.25, 0.3) is 0 Å². The Hall–Kier alpha value is -2.69. The van der Waals surface area contributed by atoms with Crippen LogP contribution in [0.25, 0.3) is 11.0 Å². The summed E-state index contributed by atoms with van der Waals surface area (Å²) in [4.78, 5) is 22.0. The van der Waals surface area contributed by atoms with E-state index in [1.165, 1.54) is 6.07 Å². The van der Waals surface area contributed by atoms with Crippen molar-refractivity contribution in [3.05, 3.63) is 65.7 Å². The average Bonchev–Trinajstić information content (AvgIpc) is 3.26. The first-order chi connectivity index (χ1) is 11.6. The number of hydrogen-bond acceptors (Lipinski definition) is 2. The van der Waals surface area contributed by atoms with Crippen molar-refractivity contribution in [2.75, 3.05) is 7.05 Å². The molecule has 1 amide bonds. The van der Waals surface area contributed by atoms with Crippen molar-refractivity contribution in [2.24, 2.45) is 5.92 Å². The van der Waals surface area contributed by atoms with Crippen molar-refractivity contribution in [2.45, 2.75) is 18.9 Å². The van der Waals surface area contributed by atoms with Crippen molar-refractivity contribution in [1.29, 1.82) is 0 Å². The minimum atomic E-state index is -0.224. The minimum absolute atomic E-state index is 0.00294. The van der Waals surface area contributed by atoms with Gasteiger partial charge >= 0.3 is 0 Å². The molecule has 2 atom stereocenters. The zero-order valence-corrected chi connectivity index (χ0v) is 13.4. The van der Waals surface area contributed by atoms with E-state index in [1.54, 1.807) is 24.1 Å². The largest absolute Gasteiger partial charge is 0.340 e. The van der Waals surface area contributed by atoms with Crippen LogP contribution >= 0.6 is 0 Å². The molecule has 1 aliphatic rings. The molecule has 1 heterocycles.